The third-order valence-corrected chi connectivity index (χ3v) is 3.90. The van der Waals surface area contributed by atoms with Gasteiger partial charge in [-0.15, -0.1) is 0 Å². The fourth-order valence-electron chi connectivity index (χ4n) is 2.57. The molecule has 134 valence electrons. The monoisotopic (exact) mass is 351 g/mol. The molecule has 0 radical (unpaired) electrons. The van der Waals surface area contributed by atoms with E-state index in [1.165, 1.54) is 0 Å². The fraction of sp³-hybridized carbons (Fsp3) is 0.500. The molecule has 1 saturated heterocycles. The third-order valence-electron chi connectivity index (χ3n) is 3.90. The first-order chi connectivity index (χ1) is 11.3. The predicted molar refractivity (Wildman–Crippen MR) is 76.9 cm³/mol. The summed E-state index contributed by atoms with van der Waals surface area (Å²) < 4.78 is 56.7. The van der Waals surface area contributed by atoms with Crippen LogP contribution >= 0.6 is 0 Å². The second kappa shape index (κ2) is 7.22. The molecule has 10 heteroatoms. The van der Waals surface area contributed by atoms with Crippen LogP contribution in [0.25, 0.3) is 0 Å². The molecule has 1 aromatic carbocycles. The molecule has 24 heavy (non-hydrogen) atoms. The van der Waals surface area contributed by atoms with Gasteiger partial charge in [0.05, 0.1) is 6.61 Å². The van der Waals surface area contributed by atoms with Crippen molar-refractivity contribution < 1.29 is 32.6 Å². The van der Waals surface area contributed by atoms with Crippen molar-refractivity contribution in [1.29, 1.82) is 0 Å². The van der Waals surface area contributed by atoms with E-state index >= 15 is 0 Å². The van der Waals surface area contributed by atoms with E-state index in [0.717, 1.165) is 9.80 Å². The van der Waals surface area contributed by atoms with Crippen molar-refractivity contribution in [3.63, 3.8) is 0 Å². The van der Waals surface area contributed by atoms with Crippen LogP contribution < -0.4 is 10.6 Å². The summed E-state index contributed by atoms with van der Waals surface area (Å²) in [7, 11) is 0. The first-order valence-corrected chi connectivity index (χ1v) is 7.22. The van der Waals surface area contributed by atoms with Crippen molar-refractivity contribution in [2.75, 3.05) is 37.7 Å². The molecule has 1 aromatic rings. The van der Waals surface area contributed by atoms with Gasteiger partial charge in [-0.25, -0.2) is 22.4 Å². The van der Waals surface area contributed by atoms with E-state index < -0.39 is 59.7 Å². The van der Waals surface area contributed by atoms with Crippen LogP contribution in [0, 0.1) is 23.3 Å². The molecule has 0 aromatic heterocycles. The van der Waals surface area contributed by atoms with Gasteiger partial charge in [0.15, 0.2) is 23.3 Å². The van der Waals surface area contributed by atoms with Gasteiger partial charge in [0.25, 0.3) is 0 Å². The van der Waals surface area contributed by atoms with E-state index in [-0.39, 0.29) is 26.2 Å². The van der Waals surface area contributed by atoms with Crippen molar-refractivity contribution >= 4 is 11.8 Å². The Balaban J connectivity index is 2.34. The van der Waals surface area contributed by atoms with Gasteiger partial charge in [-0.3, -0.25) is 0 Å². The van der Waals surface area contributed by atoms with Crippen molar-refractivity contribution in [2.45, 2.75) is 12.5 Å². The Morgan fingerprint density at radius 2 is 1.54 bits per heavy atom. The number of halogens is 4. The van der Waals surface area contributed by atoms with E-state index in [1.807, 2.05) is 0 Å². The summed E-state index contributed by atoms with van der Waals surface area (Å²) in [4.78, 5) is 12.9. The van der Waals surface area contributed by atoms with Gasteiger partial charge in [0, 0.05) is 37.8 Å². The smallest absolute Gasteiger partial charge is 0.407 e. The van der Waals surface area contributed by atoms with E-state index in [0.29, 0.717) is 0 Å². The minimum Gasteiger partial charge on any atom is -0.465 e. The first-order valence-electron chi connectivity index (χ1n) is 7.22. The lowest BCUT2D eigenvalue weighted by atomic mass is 10.0. The number of benzene rings is 1. The number of aliphatic hydroxyl groups excluding tert-OH is 1. The maximum Gasteiger partial charge on any atom is 0.407 e. The highest BCUT2D eigenvalue weighted by Crippen LogP contribution is 2.32. The van der Waals surface area contributed by atoms with E-state index in [2.05, 4.69) is 0 Å². The Bertz CT molecular complexity index is 607. The molecule has 1 atom stereocenters. The van der Waals surface area contributed by atoms with Crippen LogP contribution in [0.5, 0.6) is 0 Å². The molecule has 0 bridgehead atoms. The minimum atomic E-state index is -1.56. The molecule has 1 heterocycles. The topological polar surface area (TPSA) is 90.0 Å². The van der Waals surface area contributed by atoms with Gasteiger partial charge in [-0.2, -0.15) is 0 Å². The number of nitrogens with two attached hydrogens (primary N) is 1. The van der Waals surface area contributed by atoms with Crippen molar-refractivity contribution in [2.24, 2.45) is 5.73 Å². The highest BCUT2D eigenvalue weighted by molar-refractivity contribution is 5.65. The average molecular weight is 351 g/mol. The molecule has 1 aliphatic heterocycles. The quantitative estimate of drug-likeness (QED) is 0.554. The maximum atomic E-state index is 14.2. The predicted octanol–water partition coefficient (Wildman–Crippen LogP) is 0.905. The molecule has 1 amide bonds. The van der Waals surface area contributed by atoms with Gasteiger partial charge in [0.2, 0.25) is 0 Å². The first kappa shape index (κ1) is 18.3. The summed E-state index contributed by atoms with van der Waals surface area (Å²) in [6, 6.07) is -1.06. The minimum absolute atomic E-state index is 0.0470. The summed E-state index contributed by atoms with van der Waals surface area (Å²) >= 11 is 0. The summed E-state index contributed by atoms with van der Waals surface area (Å²) in [5.41, 5.74) is 3.64. The Kier molecular flexibility index (Phi) is 5.50. The Morgan fingerprint density at radius 3 is 1.96 bits per heavy atom. The van der Waals surface area contributed by atoms with Crippen LogP contribution in [0.2, 0.25) is 0 Å². The van der Waals surface area contributed by atoms with Crippen LogP contribution in [-0.4, -0.2) is 60.0 Å². The van der Waals surface area contributed by atoms with Crippen LogP contribution in [0.4, 0.5) is 28.0 Å². The Hall–Kier alpha value is -2.07. The highest BCUT2D eigenvalue weighted by atomic mass is 19.2. The summed E-state index contributed by atoms with van der Waals surface area (Å²) in [6.45, 7) is -0.896. The number of nitrogens with zero attached hydrogens (tertiary/aromatic N) is 2. The molecular formula is C14H17F4N3O3. The number of piperazine rings is 1. The third kappa shape index (κ3) is 3.39. The Labute approximate surface area is 135 Å². The van der Waals surface area contributed by atoms with Gasteiger partial charge >= 0.3 is 6.09 Å². The average Bonchev–Trinajstić information content (AvgIpc) is 2.57. The van der Waals surface area contributed by atoms with Gasteiger partial charge in [-0.1, -0.05) is 0 Å². The van der Waals surface area contributed by atoms with Crippen molar-refractivity contribution in [1.82, 2.24) is 4.90 Å². The molecule has 1 fully saturated rings. The maximum absolute atomic E-state index is 14.2. The van der Waals surface area contributed by atoms with Gasteiger partial charge < -0.3 is 25.7 Å². The number of rotatable bonds is 4. The number of amides is 1. The van der Waals surface area contributed by atoms with Crippen molar-refractivity contribution in [3.05, 3.63) is 28.8 Å². The molecule has 0 unspecified atom stereocenters. The molecule has 0 saturated carbocycles. The number of anilines is 1. The van der Waals surface area contributed by atoms with Gasteiger partial charge in [-0.05, 0) is 6.42 Å². The SMILES string of the molecule is N[C@@H](CO)Cc1c(F)c(F)c(N2CCN(C(=O)O)CC2)c(F)c1F. The molecule has 0 aliphatic carbocycles. The molecule has 1 aliphatic rings. The van der Waals surface area contributed by atoms with Crippen LogP contribution in [-0.2, 0) is 6.42 Å². The van der Waals surface area contributed by atoms with Gasteiger partial charge in [0.1, 0.15) is 5.69 Å². The second-order valence-corrected chi connectivity index (χ2v) is 5.49. The largest absolute Gasteiger partial charge is 0.465 e. The van der Waals surface area contributed by atoms with Crippen molar-refractivity contribution in [3.8, 4) is 0 Å². The van der Waals surface area contributed by atoms with Crippen LogP contribution in [0.3, 0.4) is 0 Å². The summed E-state index contributed by atoms with van der Waals surface area (Å²) in [6.07, 6.45) is -1.74. The molecule has 6 nitrogen and oxygen atoms in total. The zero-order valence-electron chi connectivity index (χ0n) is 12.6. The summed E-state index contributed by atoms with van der Waals surface area (Å²) in [5.74, 6) is -6.24. The Morgan fingerprint density at radius 1 is 1.04 bits per heavy atom. The fourth-order valence-corrected chi connectivity index (χ4v) is 2.57. The molecular weight excluding hydrogens is 334 g/mol. The number of hydrogen-bond acceptors (Lipinski definition) is 4. The van der Waals surface area contributed by atoms with E-state index in [4.69, 9.17) is 15.9 Å². The molecule has 0 spiro atoms. The molecule has 2 rings (SSSR count). The number of carboxylic acid groups (broad SMARTS) is 1. The lowest BCUT2D eigenvalue weighted by molar-refractivity contribution is 0.142. The number of hydrogen-bond donors (Lipinski definition) is 3. The highest BCUT2D eigenvalue weighted by Gasteiger charge is 2.31. The van der Waals surface area contributed by atoms with Crippen LogP contribution in [0.1, 0.15) is 5.56 Å². The lowest BCUT2D eigenvalue weighted by Crippen LogP contribution is -2.49. The van der Waals surface area contributed by atoms with E-state index in [1.54, 1.807) is 0 Å². The van der Waals surface area contributed by atoms with E-state index in [9.17, 15) is 22.4 Å². The molecule has 4 N–H and O–H groups in total. The summed E-state index contributed by atoms with van der Waals surface area (Å²) in [5, 5.41) is 17.7. The lowest BCUT2D eigenvalue weighted by Gasteiger charge is -2.35. The zero-order valence-corrected chi connectivity index (χ0v) is 12.6. The normalized spacial score (nSPS) is 16.4. The second-order valence-electron chi connectivity index (χ2n) is 5.49. The number of carbonyl (C=O) groups is 1. The standard InChI is InChI=1S/C14H17F4N3O3/c15-9-8(5-7(19)6-22)10(16)12(18)13(11(9)17)20-1-3-21(4-2-20)14(23)24/h7,22H,1-6,19H2,(H,23,24)/t7-/m1/s1. The zero-order chi connectivity index (χ0) is 18.0. The number of aliphatic hydroxyl groups is 1. The van der Waals surface area contributed by atoms with Crippen LogP contribution in [0.15, 0.2) is 0 Å².